The third-order valence-electron chi connectivity index (χ3n) is 9.70. The van der Waals surface area contributed by atoms with Crippen molar-refractivity contribution >= 4 is 22.6 Å². The topological polar surface area (TPSA) is 114 Å². The third-order valence-corrected chi connectivity index (χ3v) is 9.70. The van der Waals surface area contributed by atoms with E-state index in [9.17, 15) is 14.4 Å². The van der Waals surface area contributed by atoms with E-state index in [0.717, 1.165) is 35.3 Å². The Morgan fingerprint density at radius 1 is 1.04 bits per heavy atom. The van der Waals surface area contributed by atoms with Crippen LogP contribution in [0.5, 0.6) is 0 Å². The summed E-state index contributed by atoms with van der Waals surface area (Å²) in [6.07, 6.45) is 20.4. The number of carbonyl (C=O) groups is 1. The number of nitrogens with zero attached hydrogens (tertiary/aromatic N) is 7. The summed E-state index contributed by atoms with van der Waals surface area (Å²) in [7, 11) is 0. The first-order valence-electron chi connectivity index (χ1n) is 18.7. The SMILES string of the molecule is CC(C)NC(=O)c1ccc(N2CC(CC#N)(n3cc(-c4ncnc5c4ccn5COCCCCCCCCCCCC(C)(C)C)cn3)C2)cc1F. The number of fused-ring (bicyclic) bond motifs is 1. The number of halogens is 1. The van der Waals surface area contributed by atoms with Gasteiger partial charge in [0.05, 0.1) is 29.9 Å². The van der Waals surface area contributed by atoms with Crippen LogP contribution in [0, 0.1) is 22.6 Å². The van der Waals surface area contributed by atoms with Crippen LogP contribution in [-0.4, -0.2) is 56.0 Å². The van der Waals surface area contributed by atoms with E-state index in [1.165, 1.54) is 69.9 Å². The summed E-state index contributed by atoms with van der Waals surface area (Å²) in [6.45, 7) is 12.7. The summed E-state index contributed by atoms with van der Waals surface area (Å²) in [5.41, 5.74) is 2.94. The molecule has 3 aromatic heterocycles. The fourth-order valence-electron chi connectivity index (χ4n) is 6.86. The number of amides is 1. The van der Waals surface area contributed by atoms with Gasteiger partial charge < -0.3 is 19.5 Å². The van der Waals surface area contributed by atoms with Crippen LogP contribution in [0.2, 0.25) is 0 Å². The lowest BCUT2D eigenvalue weighted by molar-refractivity contribution is 0.0763. The Balaban J connectivity index is 1.10. The third kappa shape index (κ3) is 9.94. The molecule has 0 spiro atoms. The Morgan fingerprint density at radius 3 is 2.41 bits per heavy atom. The van der Waals surface area contributed by atoms with Crippen molar-refractivity contribution in [2.45, 2.75) is 124 Å². The first kappa shape index (κ1) is 37.9. The van der Waals surface area contributed by atoms with E-state index in [0.29, 0.717) is 30.9 Å². The van der Waals surface area contributed by atoms with Gasteiger partial charge in [0.1, 0.15) is 30.1 Å². The number of benzene rings is 1. The van der Waals surface area contributed by atoms with E-state index in [4.69, 9.17) is 4.74 Å². The average Bonchev–Trinajstić information content (AvgIpc) is 3.72. The molecule has 4 aromatic rings. The Kier molecular flexibility index (Phi) is 12.9. The van der Waals surface area contributed by atoms with E-state index >= 15 is 0 Å². The van der Waals surface area contributed by atoms with Crippen LogP contribution in [0.3, 0.4) is 0 Å². The molecule has 0 bridgehead atoms. The van der Waals surface area contributed by atoms with Crippen molar-refractivity contribution in [2.75, 3.05) is 24.6 Å². The molecule has 4 heterocycles. The maximum absolute atomic E-state index is 14.9. The zero-order valence-corrected chi connectivity index (χ0v) is 31.1. The van der Waals surface area contributed by atoms with Crippen molar-refractivity contribution in [3.05, 3.63) is 60.6 Å². The molecule has 1 N–H and O–H groups in total. The molecule has 0 aliphatic carbocycles. The number of nitrogens with one attached hydrogen (secondary N) is 1. The van der Waals surface area contributed by atoms with Gasteiger partial charge in [-0.15, -0.1) is 0 Å². The molecule has 0 unspecified atom stereocenters. The lowest BCUT2D eigenvalue weighted by Crippen LogP contribution is -2.63. The molecule has 1 fully saturated rings. The maximum Gasteiger partial charge on any atom is 0.254 e. The number of carbonyl (C=O) groups excluding carboxylic acids is 1. The van der Waals surface area contributed by atoms with Crippen LogP contribution < -0.4 is 10.2 Å². The van der Waals surface area contributed by atoms with Crippen LogP contribution in [0.4, 0.5) is 10.1 Å². The van der Waals surface area contributed by atoms with Gasteiger partial charge in [-0.3, -0.25) is 9.48 Å². The molecule has 0 saturated carbocycles. The van der Waals surface area contributed by atoms with Crippen LogP contribution in [0.1, 0.15) is 116 Å². The van der Waals surface area contributed by atoms with E-state index in [-0.39, 0.29) is 18.0 Å². The first-order chi connectivity index (χ1) is 24.5. The number of ether oxygens (including phenoxy) is 1. The molecule has 1 saturated heterocycles. The summed E-state index contributed by atoms with van der Waals surface area (Å²) in [6, 6.07) is 8.86. The fourth-order valence-corrected chi connectivity index (χ4v) is 6.86. The second kappa shape index (κ2) is 17.3. The van der Waals surface area contributed by atoms with E-state index in [1.54, 1.807) is 18.6 Å². The number of anilines is 1. The number of hydrogen-bond donors (Lipinski definition) is 1. The minimum Gasteiger partial charge on any atom is -0.366 e. The molecule has 51 heavy (non-hydrogen) atoms. The van der Waals surface area contributed by atoms with Gasteiger partial charge in [0, 0.05) is 54.8 Å². The molecule has 11 heteroatoms. The number of rotatable bonds is 19. The minimum absolute atomic E-state index is 0.0124. The van der Waals surface area contributed by atoms with Crippen LogP contribution in [0.15, 0.2) is 49.2 Å². The highest BCUT2D eigenvalue weighted by atomic mass is 19.1. The van der Waals surface area contributed by atoms with Crippen molar-refractivity contribution in [1.82, 2.24) is 29.6 Å². The predicted octanol–water partition coefficient (Wildman–Crippen LogP) is 8.62. The molecule has 10 nitrogen and oxygen atoms in total. The van der Waals surface area contributed by atoms with Crippen molar-refractivity contribution < 1.29 is 13.9 Å². The monoisotopic (exact) mass is 698 g/mol. The Bertz CT molecular complexity index is 1780. The van der Waals surface area contributed by atoms with E-state index < -0.39 is 17.3 Å². The number of unbranched alkanes of at least 4 members (excludes halogenated alkanes) is 8. The van der Waals surface area contributed by atoms with Gasteiger partial charge >= 0.3 is 0 Å². The summed E-state index contributed by atoms with van der Waals surface area (Å²) in [5.74, 6) is -1.01. The first-order valence-corrected chi connectivity index (χ1v) is 18.7. The van der Waals surface area contributed by atoms with E-state index in [1.807, 2.05) is 46.5 Å². The van der Waals surface area contributed by atoms with Gasteiger partial charge in [0.15, 0.2) is 0 Å². The highest BCUT2D eigenvalue weighted by molar-refractivity contribution is 5.95. The van der Waals surface area contributed by atoms with E-state index in [2.05, 4.69) is 47.2 Å². The molecule has 5 rings (SSSR count). The van der Waals surface area contributed by atoms with Crippen molar-refractivity contribution in [3.8, 4) is 17.3 Å². The van der Waals surface area contributed by atoms with Gasteiger partial charge in [0.2, 0.25) is 0 Å². The van der Waals surface area contributed by atoms with Crippen molar-refractivity contribution in [3.63, 3.8) is 0 Å². The van der Waals surface area contributed by atoms with Gasteiger partial charge in [-0.2, -0.15) is 10.4 Å². The quantitative estimate of drug-likeness (QED) is 0.0976. The normalized spacial score (nSPS) is 14.2. The molecular weight excluding hydrogens is 643 g/mol. The maximum atomic E-state index is 14.9. The Morgan fingerprint density at radius 2 is 1.75 bits per heavy atom. The standard InChI is InChI=1S/C40H55FN8O2/c1-30(2)46-38(50)33-16-15-32(23-35(33)41)48-26-40(27-48,19-20-42)49-25-31(24-45-49)36-34-17-21-47(37(34)44-28-43-36)29-51-22-14-12-10-8-6-7-9-11-13-18-39(3,4)5/h15-17,21,23-25,28,30H,6-14,18-19,22,26-27,29H2,1-5H3,(H,46,50). The van der Waals surface area contributed by atoms with Gasteiger partial charge in [-0.05, 0) is 56.4 Å². The second-order valence-corrected chi connectivity index (χ2v) is 15.7. The van der Waals surface area contributed by atoms with Crippen LogP contribution >= 0.6 is 0 Å². The largest absolute Gasteiger partial charge is 0.366 e. The molecule has 1 aliphatic heterocycles. The molecule has 0 atom stereocenters. The van der Waals surface area contributed by atoms with Gasteiger partial charge in [-0.25, -0.2) is 14.4 Å². The zero-order valence-electron chi connectivity index (χ0n) is 31.1. The van der Waals surface area contributed by atoms with Crippen LogP contribution in [-0.2, 0) is 17.0 Å². The summed E-state index contributed by atoms with van der Waals surface area (Å²) in [5, 5.41) is 18.0. The minimum atomic E-state index is -0.575. The fraction of sp³-hybridized carbons (Fsp3) is 0.575. The number of hydrogen-bond acceptors (Lipinski definition) is 7. The average molecular weight is 699 g/mol. The lowest BCUT2D eigenvalue weighted by Gasteiger charge is -2.50. The number of aromatic nitrogens is 5. The lowest BCUT2D eigenvalue weighted by atomic mass is 9.86. The van der Waals surface area contributed by atoms with Crippen molar-refractivity contribution in [2.24, 2.45) is 5.41 Å². The molecule has 1 aromatic carbocycles. The molecule has 1 amide bonds. The summed E-state index contributed by atoms with van der Waals surface area (Å²) < 4.78 is 24.8. The Labute approximate surface area is 302 Å². The van der Waals surface area contributed by atoms with Crippen LogP contribution in [0.25, 0.3) is 22.3 Å². The van der Waals surface area contributed by atoms with Gasteiger partial charge in [-0.1, -0.05) is 72.1 Å². The molecule has 1 aliphatic rings. The van der Waals surface area contributed by atoms with Crippen molar-refractivity contribution in [1.29, 1.82) is 5.26 Å². The molecule has 274 valence electrons. The van der Waals surface area contributed by atoms with Gasteiger partial charge in [0.25, 0.3) is 5.91 Å². The zero-order chi connectivity index (χ0) is 36.4. The highest BCUT2D eigenvalue weighted by Gasteiger charge is 2.46. The highest BCUT2D eigenvalue weighted by Crippen LogP contribution is 2.37. The second-order valence-electron chi connectivity index (χ2n) is 15.7. The molecular formula is C40H55FN8O2. The predicted molar refractivity (Wildman–Crippen MR) is 200 cm³/mol. The summed E-state index contributed by atoms with van der Waals surface area (Å²) in [4.78, 5) is 23.5. The summed E-state index contributed by atoms with van der Waals surface area (Å²) >= 11 is 0. The smallest absolute Gasteiger partial charge is 0.254 e. The Hall–Kier alpha value is -4.30. The molecule has 0 radical (unpaired) electrons. The number of nitriles is 1.